The Bertz CT molecular complexity index is 377. The second-order valence-electron chi connectivity index (χ2n) is 3.95. The Labute approximate surface area is 95.5 Å². The summed E-state index contributed by atoms with van der Waals surface area (Å²) in [4.78, 5) is 10.6. The van der Waals surface area contributed by atoms with Gasteiger partial charge in [0.05, 0.1) is 0 Å². The van der Waals surface area contributed by atoms with Crippen molar-refractivity contribution in [3.63, 3.8) is 0 Å². The van der Waals surface area contributed by atoms with E-state index in [-0.39, 0.29) is 17.7 Å². The molecule has 1 aromatic carbocycles. The lowest BCUT2D eigenvalue weighted by atomic mass is 10.1. The molecular formula is C12H18N2O2. The normalized spacial score (nSPS) is 12.4. The molecule has 0 heterocycles. The van der Waals surface area contributed by atoms with Crippen LogP contribution in [0.1, 0.15) is 30.5 Å². The van der Waals surface area contributed by atoms with Crippen LogP contribution in [0.15, 0.2) is 18.2 Å². The first kappa shape index (κ1) is 12.5. The molecule has 16 heavy (non-hydrogen) atoms. The maximum absolute atomic E-state index is 10.6. The van der Waals surface area contributed by atoms with Gasteiger partial charge in [0.25, 0.3) is 0 Å². The number of benzene rings is 1. The lowest BCUT2D eigenvalue weighted by molar-refractivity contribution is -0.117. The van der Waals surface area contributed by atoms with Gasteiger partial charge in [-0.15, -0.1) is 0 Å². The molecule has 1 rings (SSSR count). The zero-order chi connectivity index (χ0) is 12.1. The number of aromatic hydroxyl groups is 1. The molecule has 1 aromatic rings. The molecule has 1 unspecified atom stereocenters. The van der Waals surface area contributed by atoms with Crippen LogP contribution in [-0.2, 0) is 4.79 Å². The monoisotopic (exact) mass is 222 g/mol. The standard InChI is InChI=1S/C12H18N2O2/c1-8-3-4-10(11(15)7-8)9(2)14-6-5-12(13)16/h3-4,7,9,14-15H,5-6H2,1-2H3,(H2,13,16). The van der Waals surface area contributed by atoms with Crippen LogP contribution in [0, 0.1) is 6.92 Å². The molecule has 4 heteroatoms. The molecule has 88 valence electrons. The Hall–Kier alpha value is -1.55. The quantitative estimate of drug-likeness (QED) is 0.701. The number of phenolic OH excluding ortho intramolecular Hbond substituents is 1. The van der Waals surface area contributed by atoms with Gasteiger partial charge in [-0.1, -0.05) is 12.1 Å². The molecular weight excluding hydrogens is 204 g/mol. The van der Waals surface area contributed by atoms with Crippen LogP contribution in [-0.4, -0.2) is 17.6 Å². The topological polar surface area (TPSA) is 75.3 Å². The van der Waals surface area contributed by atoms with E-state index in [0.29, 0.717) is 13.0 Å². The fraction of sp³-hybridized carbons (Fsp3) is 0.417. The second kappa shape index (κ2) is 5.51. The van der Waals surface area contributed by atoms with Gasteiger partial charge in [0.2, 0.25) is 5.91 Å². The molecule has 0 radical (unpaired) electrons. The van der Waals surface area contributed by atoms with Crippen molar-refractivity contribution in [3.8, 4) is 5.75 Å². The van der Waals surface area contributed by atoms with Crippen molar-refractivity contribution >= 4 is 5.91 Å². The van der Waals surface area contributed by atoms with E-state index in [2.05, 4.69) is 5.32 Å². The Morgan fingerprint density at radius 1 is 1.56 bits per heavy atom. The van der Waals surface area contributed by atoms with Gasteiger partial charge in [-0.05, 0) is 25.5 Å². The first-order valence-electron chi connectivity index (χ1n) is 5.32. The van der Waals surface area contributed by atoms with Crippen LogP contribution in [0.2, 0.25) is 0 Å². The smallest absolute Gasteiger partial charge is 0.218 e. The van der Waals surface area contributed by atoms with E-state index in [4.69, 9.17) is 5.73 Å². The van der Waals surface area contributed by atoms with Gasteiger partial charge in [-0.25, -0.2) is 0 Å². The average Bonchev–Trinajstić information content (AvgIpc) is 2.16. The summed E-state index contributed by atoms with van der Waals surface area (Å²) in [5, 5.41) is 12.9. The number of nitrogens with one attached hydrogen (secondary N) is 1. The Balaban J connectivity index is 2.58. The predicted octanol–water partition coefficient (Wildman–Crippen LogP) is 1.23. The highest BCUT2D eigenvalue weighted by atomic mass is 16.3. The van der Waals surface area contributed by atoms with Crippen LogP contribution in [0.25, 0.3) is 0 Å². The first-order chi connectivity index (χ1) is 7.50. The third-order valence-electron chi connectivity index (χ3n) is 2.47. The zero-order valence-electron chi connectivity index (χ0n) is 9.66. The number of nitrogens with two attached hydrogens (primary N) is 1. The van der Waals surface area contributed by atoms with Gasteiger partial charge in [0, 0.05) is 24.6 Å². The Kier molecular flexibility index (Phi) is 4.31. The fourth-order valence-corrected chi connectivity index (χ4v) is 1.54. The van der Waals surface area contributed by atoms with Gasteiger partial charge in [-0.3, -0.25) is 4.79 Å². The summed E-state index contributed by atoms with van der Waals surface area (Å²) in [5.41, 5.74) is 6.89. The molecule has 1 atom stereocenters. The van der Waals surface area contributed by atoms with Crippen LogP contribution in [0.3, 0.4) is 0 Å². The van der Waals surface area contributed by atoms with E-state index in [1.807, 2.05) is 26.0 Å². The number of carbonyl (C=O) groups excluding carboxylic acids is 1. The number of primary amides is 1. The third kappa shape index (κ3) is 3.55. The van der Waals surface area contributed by atoms with Crippen molar-refractivity contribution in [1.29, 1.82) is 0 Å². The highest BCUT2D eigenvalue weighted by Crippen LogP contribution is 2.24. The van der Waals surface area contributed by atoms with E-state index in [0.717, 1.165) is 11.1 Å². The highest BCUT2D eigenvalue weighted by Gasteiger charge is 2.09. The maximum atomic E-state index is 10.6. The maximum Gasteiger partial charge on any atom is 0.218 e. The van der Waals surface area contributed by atoms with Crippen LogP contribution in [0.4, 0.5) is 0 Å². The highest BCUT2D eigenvalue weighted by molar-refractivity contribution is 5.73. The van der Waals surface area contributed by atoms with Crippen molar-refractivity contribution in [1.82, 2.24) is 5.32 Å². The minimum atomic E-state index is -0.326. The van der Waals surface area contributed by atoms with Gasteiger partial charge in [0.15, 0.2) is 0 Å². The predicted molar refractivity (Wildman–Crippen MR) is 63.1 cm³/mol. The summed E-state index contributed by atoms with van der Waals surface area (Å²) in [6, 6.07) is 5.55. The number of aryl methyl sites for hydroxylation is 1. The minimum Gasteiger partial charge on any atom is -0.508 e. The number of phenols is 1. The van der Waals surface area contributed by atoms with Gasteiger partial charge in [-0.2, -0.15) is 0 Å². The molecule has 0 aliphatic rings. The summed E-state index contributed by atoms with van der Waals surface area (Å²) in [6.45, 7) is 4.38. The van der Waals surface area contributed by atoms with Crippen molar-refractivity contribution in [3.05, 3.63) is 29.3 Å². The van der Waals surface area contributed by atoms with Gasteiger partial charge in [0.1, 0.15) is 5.75 Å². The van der Waals surface area contributed by atoms with Gasteiger partial charge >= 0.3 is 0 Å². The number of hydrogen-bond acceptors (Lipinski definition) is 3. The summed E-state index contributed by atoms with van der Waals surface area (Å²) >= 11 is 0. The molecule has 0 aliphatic heterocycles. The summed E-state index contributed by atoms with van der Waals surface area (Å²) in [5.74, 6) is -0.0492. The van der Waals surface area contributed by atoms with Crippen LogP contribution in [0.5, 0.6) is 5.75 Å². The lowest BCUT2D eigenvalue weighted by Crippen LogP contribution is -2.24. The number of hydrogen-bond donors (Lipinski definition) is 3. The number of rotatable bonds is 5. The molecule has 0 fully saturated rings. The van der Waals surface area contributed by atoms with E-state index in [1.54, 1.807) is 6.07 Å². The molecule has 0 saturated heterocycles. The van der Waals surface area contributed by atoms with Crippen molar-refractivity contribution in [2.24, 2.45) is 5.73 Å². The van der Waals surface area contributed by atoms with Gasteiger partial charge < -0.3 is 16.2 Å². The van der Waals surface area contributed by atoms with Crippen molar-refractivity contribution < 1.29 is 9.90 Å². The number of amides is 1. The second-order valence-corrected chi connectivity index (χ2v) is 3.95. The molecule has 4 nitrogen and oxygen atoms in total. The lowest BCUT2D eigenvalue weighted by Gasteiger charge is -2.15. The first-order valence-corrected chi connectivity index (χ1v) is 5.32. The number of carbonyl (C=O) groups is 1. The van der Waals surface area contributed by atoms with E-state index in [1.165, 1.54) is 0 Å². The fourth-order valence-electron chi connectivity index (χ4n) is 1.54. The average molecular weight is 222 g/mol. The summed E-state index contributed by atoms with van der Waals surface area (Å²) in [7, 11) is 0. The Morgan fingerprint density at radius 3 is 2.81 bits per heavy atom. The molecule has 0 saturated carbocycles. The molecule has 0 bridgehead atoms. The molecule has 0 aromatic heterocycles. The third-order valence-corrected chi connectivity index (χ3v) is 2.47. The summed E-state index contributed by atoms with van der Waals surface area (Å²) < 4.78 is 0. The van der Waals surface area contributed by atoms with Crippen molar-refractivity contribution in [2.75, 3.05) is 6.54 Å². The summed E-state index contributed by atoms with van der Waals surface area (Å²) in [6.07, 6.45) is 0.303. The molecule has 1 amide bonds. The zero-order valence-corrected chi connectivity index (χ0v) is 9.66. The molecule has 4 N–H and O–H groups in total. The van der Waals surface area contributed by atoms with E-state index >= 15 is 0 Å². The molecule has 0 aliphatic carbocycles. The largest absolute Gasteiger partial charge is 0.508 e. The Morgan fingerprint density at radius 2 is 2.25 bits per heavy atom. The minimum absolute atomic E-state index is 0.0000463. The van der Waals surface area contributed by atoms with E-state index in [9.17, 15) is 9.90 Å². The van der Waals surface area contributed by atoms with Crippen LogP contribution < -0.4 is 11.1 Å². The van der Waals surface area contributed by atoms with Crippen LogP contribution >= 0.6 is 0 Å². The molecule has 0 spiro atoms. The SMILES string of the molecule is Cc1ccc(C(C)NCCC(N)=O)c(O)c1. The van der Waals surface area contributed by atoms with E-state index < -0.39 is 0 Å². The van der Waals surface area contributed by atoms with Crippen molar-refractivity contribution in [2.45, 2.75) is 26.3 Å².